The standard InChI is InChI=1S/C13H10N2O3/c14-12-5-10(13(17)18)11(6-15-12)9-3-1-2-8(4-9)7-16/h1-7H,(H2,14,15)(H,17,18). The number of aldehydes is 1. The number of nitrogen functional groups attached to an aromatic ring is 1. The molecule has 0 aliphatic carbocycles. The summed E-state index contributed by atoms with van der Waals surface area (Å²) < 4.78 is 0. The number of carbonyl (C=O) groups excluding carboxylic acids is 1. The zero-order valence-corrected chi connectivity index (χ0v) is 9.33. The Morgan fingerprint density at radius 2 is 2.11 bits per heavy atom. The first-order valence-electron chi connectivity index (χ1n) is 5.16. The van der Waals surface area contributed by atoms with E-state index in [4.69, 9.17) is 10.8 Å². The Morgan fingerprint density at radius 1 is 1.33 bits per heavy atom. The van der Waals surface area contributed by atoms with E-state index in [2.05, 4.69) is 4.98 Å². The molecule has 5 heteroatoms. The van der Waals surface area contributed by atoms with Crippen LogP contribution in [0.1, 0.15) is 20.7 Å². The van der Waals surface area contributed by atoms with Gasteiger partial charge in [0.25, 0.3) is 0 Å². The first-order valence-corrected chi connectivity index (χ1v) is 5.16. The molecule has 0 aliphatic heterocycles. The van der Waals surface area contributed by atoms with Crippen molar-refractivity contribution in [2.45, 2.75) is 0 Å². The second-order valence-electron chi connectivity index (χ2n) is 3.70. The van der Waals surface area contributed by atoms with Gasteiger partial charge in [-0.15, -0.1) is 0 Å². The fraction of sp³-hybridized carbons (Fsp3) is 0. The van der Waals surface area contributed by atoms with Crippen LogP contribution in [0.4, 0.5) is 5.82 Å². The number of nitrogens with zero attached hydrogens (tertiary/aromatic N) is 1. The third kappa shape index (κ3) is 2.20. The molecule has 0 saturated carbocycles. The number of rotatable bonds is 3. The van der Waals surface area contributed by atoms with Crippen molar-refractivity contribution in [2.24, 2.45) is 0 Å². The minimum absolute atomic E-state index is 0.0607. The summed E-state index contributed by atoms with van der Waals surface area (Å²) in [7, 11) is 0. The Kier molecular flexibility index (Phi) is 3.05. The summed E-state index contributed by atoms with van der Waals surface area (Å²) >= 11 is 0. The SMILES string of the molecule is Nc1cc(C(=O)O)c(-c2cccc(C=O)c2)cn1. The first kappa shape index (κ1) is 11.8. The van der Waals surface area contributed by atoms with Crippen LogP contribution in [0.25, 0.3) is 11.1 Å². The van der Waals surface area contributed by atoms with Gasteiger partial charge in [0.1, 0.15) is 12.1 Å². The maximum atomic E-state index is 11.1. The molecular weight excluding hydrogens is 232 g/mol. The number of aromatic nitrogens is 1. The topological polar surface area (TPSA) is 93.3 Å². The van der Waals surface area contributed by atoms with Gasteiger partial charge < -0.3 is 10.8 Å². The van der Waals surface area contributed by atoms with E-state index in [0.717, 1.165) is 0 Å². The van der Waals surface area contributed by atoms with Crippen LogP contribution < -0.4 is 5.73 Å². The van der Waals surface area contributed by atoms with Crippen LogP contribution in [0.2, 0.25) is 0 Å². The molecule has 1 heterocycles. The minimum Gasteiger partial charge on any atom is -0.478 e. The van der Waals surface area contributed by atoms with Crippen LogP contribution in [0.15, 0.2) is 36.5 Å². The number of hydrogen-bond donors (Lipinski definition) is 2. The highest BCUT2D eigenvalue weighted by Crippen LogP contribution is 2.24. The number of carboxylic acid groups (broad SMARTS) is 1. The highest BCUT2D eigenvalue weighted by molar-refractivity contribution is 5.97. The van der Waals surface area contributed by atoms with Crippen LogP contribution in [0, 0.1) is 0 Å². The van der Waals surface area contributed by atoms with Crippen molar-refractivity contribution in [3.05, 3.63) is 47.7 Å². The molecular formula is C13H10N2O3. The summed E-state index contributed by atoms with van der Waals surface area (Å²) in [5.41, 5.74) is 7.05. The first-order chi connectivity index (χ1) is 8.61. The average Bonchev–Trinajstić information content (AvgIpc) is 2.38. The summed E-state index contributed by atoms with van der Waals surface area (Å²) in [5.74, 6) is -0.946. The Hall–Kier alpha value is -2.69. The van der Waals surface area contributed by atoms with E-state index in [1.54, 1.807) is 24.3 Å². The quantitative estimate of drug-likeness (QED) is 0.801. The molecule has 0 radical (unpaired) electrons. The molecule has 3 N–H and O–H groups in total. The highest BCUT2D eigenvalue weighted by Gasteiger charge is 2.13. The predicted octanol–water partition coefficient (Wildman–Crippen LogP) is 1.84. The van der Waals surface area contributed by atoms with E-state index >= 15 is 0 Å². The second-order valence-corrected chi connectivity index (χ2v) is 3.70. The third-order valence-electron chi connectivity index (χ3n) is 2.49. The molecule has 0 aliphatic rings. The van der Waals surface area contributed by atoms with Crippen molar-refractivity contribution in [1.29, 1.82) is 0 Å². The molecule has 0 fully saturated rings. The number of hydrogen-bond acceptors (Lipinski definition) is 4. The maximum Gasteiger partial charge on any atom is 0.336 e. The van der Waals surface area contributed by atoms with Crippen molar-refractivity contribution < 1.29 is 14.7 Å². The number of nitrogens with two attached hydrogens (primary N) is 1. The van der Waals surface area contributed by atoms with E-state index in [-0.39, 0.29) is 11.4 Å². The summed E-state index contributed by atoms with van der Waals surface area (Å²) in [6.07, 6.45) is 2.09. The minimum atomic E-state index is -1.09. The molecule has 5 nitrogen and oxygen atoms in total. The zero-order chi connectivity index (χ0) is 13.1. The summed E-state index contributed by atoms with van der Waals surface area (Å²) in [6.45, 7) is 0. The highest BCUT2D eigenvalue weighted by atomic mass is 16.4. The summed E-state index contributed by atoms with van der Waals surface area (Å²) in [6, 6.07) is 7.94. The second kappa shape index (κ2) is 4.67. The predicted molar refractivity (Wildman–Crippen MR) is 66.4 cm³/mol. The summed E-state index contributed by atoms with van der Waals surface area (Å²) in [5, 5.41) is 9.13. The maximum absolute atomic E-state index is 11.1. The number of anilines is 1. The van der Waals surface area contributed by atoms with Gasteiger partial charge in [0, 0.05) is 17.3 Å². The normalized spacial score (nSPS) is 10.0. The molecule has 18 heavy (non-hydrogen) atoms. The Labute approximate surface area is 103 Å². The van der Waals surface area contributed by atoms with E-state index in [1.165, 1.54) is 12.3 Å². The molecule has 1 aromatic heterocycles. The lowest BCUT2D eigenvalue weighted by atomic mass is 10.0. The molecule has 0 bridgehead atoms. The molecule has 2 rings (SSSR count). The van der Waals surface area contributed by atoms with E-state index in [1.807, 2.05) is 0 Å². The van der Waals surface area contributed by atoms with Crippen molar-refractivity contribution in [1.82, 2.24) is 4.98 Å². The van der Waals surface area contributed by atoms with Crippen LogP contribution in [0.5, 0.6) is 0 Å². The smallest absolute Gasteiger partial charge is 0.336 e. The van der Waals surface area contributed by atoms with Crippen LogP contribution in [0.3, 0.4) is 0 Å². The van der Waals surface area contributed by atoms with E-state index < -0.39 is 5.97 Å². The molecule has 0 spiro atoms. The van der Waals surface area contributed by atoms with Gasteiger partial charge in [0.05, 0.1) is 5.56 Å². The van der Waals surface area contributed by atoms with Crippen LogP contribution >= 0.6 is 0 Å². The third-order valence-corrected chi connectivity index (χ3v) is 2.49. The lowest BCUT2D eigenvalue weighted by molar-refractivity contribution is 0.0697. The van der Waals surface area contributed by atoms with Gasteiger partial charge >= 0.3 is 5.97 Å². The molecule has 0 amide bonds. The van der Waals surface area contributed by atoms with Crippen molar-refractivity contribution >= 4 is 18.1 Å². The fourth-order valence-electron chi connectivity index (χ4n) is 1.66. The molecule has 0 atom stereocenters. The molecule has 1 aromatic carbocycles. The monoisotopic (exact) mass is 242 g/mol. The Bertz CT molecular complexity index is 623. The fourth-order valence-corrected chi connectivity index (χ4v) is 1.66. The molecule has 0 unspecified atom stereocenters. The van der Waals surface area contributed by atoms with Gasteiger partial charge in [0.2, 0.25) is 0 Å². The average molecular weight is 242 g/mol. The van der Waals surface area contributed by atoms with E-state index in [0.29, 0.717) is 23.0 Å². The lowest BCUT2D eigenvalue weighted by Crippen LogP contribution is -2.03. The largest absolute Gasteiger partial charge is 0.478 e. The summed E-state index contributed by atoms with van der Waals surface area (Å²) in [4.78, 5) is 25.7. The number of benzene rings is 1. The van der Waals surface area contributed by atoms with Crippen molar-refractivity contribution in [3.8, 4) is 11.1 Å². The lowest BCUT2D eigenvalue weighted by Gasteiger charge is -2.07. The number of carboxylic acids is 1. The van der Waals surface area contributed by atoms with Gasteiger partial charge in [0.15, 0.2) is 0 Å². The van der Waals surface area contributed by atoms with Crippen LogP contribution in [-0.4, -0.2) is 22.3 Å². The number of carbonyl (C=O) groups is 2. The molecule has 2 aromatic rings. The van der Waals surface area contributed by atoms with Gasteiger partial charge in [-0.3, -0.25) is 4.79 Å². The van der Waals surface area contributed by atoms with Crippen molar-refractivity contribution in [3.63, 3.8) is 0 Å². The Balaban J connectivity index is 2.62. The number of pyridine rings is 1. The van der Waals surface area contributed by atoms with E-state index in [9.17, 15) is 9.59 Å². The van der Waals surface area contributed by atoms with Gasteiger partial charge in [-0.1, -0.05) is 18.2 Å². The van der Waals surface area contributed by atoms with Crippen LogP contribution in [-0.2, 0) is 0 Å². The zero-order valence-electron chi connectivity index (χ0n) is 9.33. The molecule has 90 valence electrons. The number of aromatic carboxylic acids is 1. The molecule has 0 saturated heterocycles. The van der Waals surface area contributed by atoms with Gasteiger partial charge in [-0.05, 0) is 17.7 Å². The Morgan fingerprint density at radius 3 is 2.78 bits per heavy atom. The van der Waals surface area contributed by atoms with Gasteiger partial charge in [-0.2, -0.15) is 0 Å². The van der Waals surface area contributed by atoms with Crippen molar-refractivity contribution in [2.75, 3.05) is 5.73 Å². The van der Waals surface area contributed by atoms with Gasteiger partial charge in [-0.25, -0.2) is 9.78 Å².